The lowest BCUT2D eigenvalue weighted by Gasteiger charge is -2.22. The average molecular weight is 333 g/mol. The Balaban J connectivity index is 2.05. The van der Waals surface area contributed by atoms with Gasteiger partial charge in [0.2, 0.25) is 0 Å². The largest absolute Gasteiger partial charge is 0.459 e. The second kappa shape index (κ2) is 6.77. The van der Waals surface area contributed by atoms with E-state index < -0.39 is 15.8 Å². The summed E-state index contributed by atoms with van der Waals surface area (Å²) in [6.45, 7) is 0.858. The third-order valence-corrected chi connectivity index (χ3v) is 4.82. The van der Waals surface area contributed by atoms with Crippen LogP contribution in [0.5, 0.6) is 0 Å². The first kappa shape index (κ1) is 16.3. The van der Waals surface area contributed by atoms with Gasteiger partial charge in [-0.1, -0.05) is 11.6 Å². The molecule has 0 amide bonds. The number of hydrogen-bond acceptors (Lipinski definition) is 5. The predicted molar refractivity (Wildman–Crippen MR) is 78.4 cm³/mol. The molecular formula is C14H17ClO5S. The van der Waals surface area contributed by atoms with E-state index in [1.807, 2.05) is 0 Å². The molecule has 0 spiro atoms. The molecule has 1 aliphatic heterocycles. The molecule has 0 radical (unpaired) electrons. The molecule has 1 saturated heterocycles. The number of rotatable bonds is 4. The highest BCUT2D eigenvalue weighted by Crippen LogP contribution is 2.23. The maximum atomic E-state index is 12.0. The zero-order valence-electron chi connectivity index (χ0n) is 11.7. The van der Waals surface area contributed by atoms with Gasteiger partial charge in [-0.15, -0.1) is 0 Å². The van der Waals surface area contributed by atoms with Gasteiger partial charge in [-0.25, -0.2) is 13.2 Å². The molecule has 0 N–H and O–H groups in total. The van der Waals surface area contributed by atoms with Gasteiger partial charge in [0.05, 0.1) is 21.6 Å². The number of ether oxygens (including phenoxy) is 2. The number of sulfone groups is 1. The Bertz CT molecular complexity index is 620. The quantitative estimate of drug-likeness (QED) is 0.792. The van der Waals surface area contributed by atoms with Crippen LogP contribution in [0.1, 0.15) is 29.6 Å². The minimum absolute atomic E-state index is 0.0764. The summed E-state index contributed by atoms with van der Waals surface area (Å²) in [6, 6.07) is 4.06. The topological polar surface area (TPSA) is 69.7 Å². The molecule has 1 aromatic carbocycles. The lowest BCUT2D eigenvalue weighted by atomic mass is 10.1. The van der Waals surface area contributed by atoms with Gasteiger partial charge >= 0.3 is 5.97 Å². The first-order chi connectivity index (χ1) is 9.88. The lowest BCUT2D eigenvalue weighted by Crippen LogP contribution is -2.26. The van der Waals surface area contributed by atoms with E-state index in [1.54, 1.807) is 0 Å². The standard InChI is InChI=1S/C14H17ClO5S/c1-21(17,18)13-8-10(5-6-12(13)15)14(16)20-9-11-4-2-3-7-19-11/h5-6,8,11H,2-4,7,9H2,1H3. The number of carbonyl (C=O) groups excluding carboxylic acids is 1. The fourth-order valence-electron chi connectivity index (χ4n) is 2.11. The van der Waals surface area contributed by atoms with Gasteiger partial charge in [0.15, 0.2) is 9.84 Å². The molecule has 0 aromatic heterocycles. The predicted octanol–water partition coefficient (Wildman–Crippen LogP) is 2.47. The summed E-state index contributed by atoms with van der Waals surface area (Å²) in [5, 5.41) is 0.0877. The van der Waals surface area contributed by atoms with Crippen molar-refractivity contribution < 1.29 is 22.7 Å². The van der Waals surface area contributed by atoms with Crippen LogP contribution in [0.4, 0.5) is 0 Å². The van der Waals surface area contributed by atoms with Crippen LogP contribution in [0.2, 0.25) is 5.02 Å². The Morgan fingerprint density at radius 3 is 2.81 bits per heavy atom. The molecule has 0 bridgehead atoms. The first-order valence-corrected chi connectivity index (χ1v) is 8.93. The van der Waals surface area contributed by atoms with Crippen molar-refractivity contribution in [3.63, 3.8) is 0 Å². The second-order valence-electron chi connectivity index (χ2n) is 5.00. The number of benzene rings is 1. The highest BCUT2D eigenvalue weighted by atomic mass is 35.5. The maximum Gasteiger partial charge on any atom is 0.338 e. The monoisotopic (exact) mass is 332 g/mol. The molecule has 1 heterocycles. The number of esters is 1. The van der Waals surface area contributed by atoms with Crippen molar-refractivity contribution in [2.24, 2.45) is 0 Å². The Morgan fingerprint density at radius 2 is 2.19 bits per heavy atom. The molecule has 21 heavy (non-hydrogen) atoms. The van der Waals surface area contributed by atoms with Crippen molar-refractivity contribution in [3.05, 3.63) is 28.8 Å². The van der Waals surface area contributed by atoms with E-state index in [9.17, 15) is 13.2 Å². The van der Waals surface area contributed by atoms with E-state index in [-0.39, 0.29) is 28.2 Å². The van der Waals surface area contributed by atoms with Gasteiger partial charge in [0, 0.05) is 12.9 Å². The zero-order valence-corrected chi connectivity index (χ0v) is 13.2. The minimum Gasteiger partial charge on any atom is -0.459 e. The van der Waals surface area contributed by atoms with Crippen molar-refractivity contribution in [3.8, 4) is 0 Å². The van der Waals surface area contributed by atoms with E-state index in [4.69, 9.17) is 21.1 Å². The molecule has 1 aliphatic rings. The van der Waals surface area contributed by atoms with Crippen molar-refractivity contribution >= 4 is 27.4 Å². The fraction of sp³-hybridized carbons (Fsp3) is 0.500. The molecule has 7 heteroatoms. The van der Waals surface area contributed by atoms with Gasteiger partial charge in [0.1, 0.15) is 6.61 Å². The summed E-state index contributed by atoms with van der Waals surface area (Å²) < 4.78 is 33.8. The second-order valence-corrected chi connectivity index (χ2v) is 7.40. The van der Waals surface area contributed by atoms with Crippen LogP contribution in [0.25, 0.3) is 0 Å². The molecule has 116 valence electrons. The van der Waals surface area contributed by atoms with E-state index >= 15 is 0 Å². The SMILES string of the molecule is CS(=O)(=O)c1cc(C(=O)OCC2CCCCO2)ccc1Cl. The highest BCUT2D eigenvalue weighted by molar-refractivity contribution is 7.90. The van der Waals surface area contributed by atoms with Gasteiger partial charge in [-0.3, -0.25) is 0 Å². The summed E-state index contributed by atoms with van der Waals surface area (Å²) in [4.78, 5) is 11.9. The van der Waals surface area contributed by atoms with Crippen LogP contribution >= 0.6 is 11.6 Å². The minimum atomic E-state index is -3.49. The smallest absolute Gasteiger partial charge is 0.338 e. The summed E-state index contributed by atoms with van der Waals surface area (Å²) >= 11 is 5.83. The zero-order chi connectivity index (χ0) is 15.5. The van der Waals surface area contributed by atoms with Crippen LogP contribution in [0.15, 0.2) is 23.1 Å². The Hall–Kier alpha value is -1.11. The van der Waals surface area contributed by atoms with Crippen LogP contribution < -0.4 is 0 Å². The average Bonchev–Trinajstić information content (AvgIpc) is 2.45. The molecule has 0 saturated carbocycles. The molecule has 1 fully saturated rings. The lowest BCUT2D eigenvalue weighted by molar-refractivity contribution is -0.0300. The summed E-state index contributed by atoms with van der Waals surface area (Å²) in [5.41, 5.74) is 0.163. The molecule has 2 rings (SSSR count). The normalized spacial score (nSPS) is 19.2. The Morgan fingerprint density at radius 1 is 1.43 bits per heavy atom. The van der Waals surface area contributed by atoms with Gasteiger partial charge in [-0.05, 0) is 37.5 Å². The molecule has 1 aromatic rings. The maximum absolute atomic E-state index is 12.0. The first-order valence-electron chi connectivity index (χ1n) is 6.66. The molecular weight excluding hydrogens is 316 g/mol. The highest BCUT2D eigenvalue weighted by Gasteiger charge is 2.19. The van der Waals surface area contributed by atoms with E-state index in [2.05, 4.69) is 0 Å². The third-order valence-electron chi connectivity index (χ3n) is 3.24. The summed E-state index contributed by atoms with van der Waals surface area (Å²) in [5.74, 6) is -0.578. The van der Waals surface area contributed by atoms with Crippen LogP contribution in [0, 0.1) is 0 Å². The van der Waals surface area contributed by atoms with Crippen molar-refractivity contribution in [1.82, 2.24) is 0 Å². The van der Waals surface area contributed by atoms with E-state index in [0.29, 0.717) is 6.61 Å². The van der Waals surface area contributed by atoms with Crippen LogP contribution in [-0.2, 0) is 19.3 Å². The van der Waals surface area contributed by atoms with Gasteiger partial charge < -0.3 is 9.47 Å². The number of carbonyl (C=O) groups is 1. The summed E-state index contributed by atoms with van der Waals surface area (Å²) in [6.07, 6.45) is 3.91. The third kappa shape index (κ3) is 4.43. The number of halogens is 1. The molecule has 5 nitrogen and oxygen atoms in total. The van der Waals surface area contributed by atoms with E-state index in [1.165, 1.54) is 18.2 Å². The van der Waals surface area contributed by atoms with Crippen molar-refractivity contribution in [2.75, 3.05) is 19.5 Å². The van der Waals surface area contributed by atoms with Gasteiger partial charge in [-0.2, -0.15) is 0 Å². The van der Waals surface area contributed by atoms with Crippen LogP contribution in [0.3, 0.4) is 0 Å². The molecule has 1 unspecified atom stereocenters. The van der Waals surface area contributed by atoms with Crippen LogP contribution in [-0.4, -0.2) is 40.0 Å². The number of hydrogen-bond donors (Lipinski definition) is 0. The van der Waals surface area contributed by atoms with E-state index in [0.717, 1.165) is 25.5 Å². The van der Waals surface area contributed by atoms with Crippen molar-refractivity contribution in [1.29, 1.82) is 0 Å². The van der Waals surface area contributed by atoms with Crippen molar-refractivity contribution in [2.45, 2.75) is 30.3 Å². The molecule has 1 atom stereocenters. The van der Waals surface area contributed by atoms with Gasteiger partial charge in [0.25, 0.3) is 0 Å². The summed E-state index contributed by atoms with van der Waals surface area (Å²) in [7, 11) is -3.49. The Kier molecular flexibility index (Phi) is 5.24. The Labute approximate surface area is 129 Å². The fourth-order valence-corrected chi connectivity index (χ4v) is 3.41. The molecule has 0 aliphatic carbocycles.